The number of unbranched alkanes of at least 4 members (excludes halogenated alkanes) is 9. The van der Waals surface area contributed by atoms with E-state index in [0.717, 1.165) is 12.8 Å². The summed E-state index contributed by atoms with van der Waals surface area (Å²) in [6, 6.07) is 0. The number of hydrogen-bond donors (Lipinski definition) is 1. The summed E-state index contributed by atoms with van der Waals surface area (Å²) in [5, 5.41) is 0. The van der Waals surface area contributed by atoms with E-state index in [1.54, 1.807) is 6.92 Å². The zero-order chi connectivity index (χ0) is 13.6. The van der Waals surface area contributed by atoms with E-state index in [9.17, 15) is 4.79 Å². The predicted octanol–water partition coefficient (Wildman–Crippen LogP) is 4.69. The number of rotatable bonds is 11. The highest BCUT2D eigenvalue weighted by Gasteiger charge is 2.01. The van der Waals surface area contributed by atoms with Crippen molar-refractivity contribution in [2.24, 2.45) is 5.90 Å². The molecular formula is C15H30ClNO2. The van der Waals surface area contributed by atoms with Crippen molar-refractivity contribution in [3.63, 3.8) is 0 Å². The normalized spacial score (nSPS) is 11.0. The van der Waals surface area contributed by atoms with E-state index in [4.69, 9.17) is 5.90 Å². The van der Waals surface area contributed by atoms with Crippen molar-refractivity contribution in [3.05, 3.63) is 11.6 Å². The number of allylic oxidation sites excluding steroid dienone is 1. The number of halogens is 1. The van der Waals surface area contributed by atoms with E-state index in [1.165, 1.54) is 51.4 Å². The van der Waals surface area contributed by atoms with Crippen LogP contribution in [-0.2, 0) is 9.63 Å². The van der Waals surface area contributed by atoms with Crippen LogP contribution in [0.1, 0.15) is 78.1 Å². The van der Waals surface area contributed by atoms with Gasteiger partial charge < -0.3 is 4.84 Å². The largest absolute Gasteiger partial charge is 0.370 e. The van der Waals surface area contributed by atoms with Crippen LogP contribution in [-0.4, -0.2) is 5.97 Å². The van der Waals surface area contributed by atoms with Gasteiger partial charge >= 0.3 is 5.97 Å². The summed E-state index contributed by atoms with van der Waals surface area (Å²) in [6.07, 6.45) is 14.7. The molecule has 0 aliphatic heterocycles. The first-order chi connectivity index (χ1) is 8.72. The van der Waals surface area contributed by atoms with Gasteiger partial charge in [0.05, 0.1) is 0 Å². The fourth-order valence-electron chi connectivity index (χ4n) is 1.95. The molecule has 0 bridgehead atoms. The van der Waals surface area contributed by atoms with Gasteiger partial charge in [-0.2, -0.15) is 5.90 Å². The Morgan fingerprint density at radius 1 is 1.00 bits per heavy atom. The predicted molar refractivity (Wildman–Crippen MR) is 83.1 cm³/mol. The van der Waals surface area contributed by atoms with Crippen LogP contribution >= 0.6 is 12.4 Å². The highest BCUT2D eigenvalue weighted by Crippen LogP contribution is 2.11. The lowest BCUT2D eigenvalue weighted by atomic mass is 10.1. The number of hydrogen-bond acceptors (Lipinski definition) is 3. The zero-order valence-electron chi connectivity index (χ0n) is 12.5. The van der Waals surface area contributed by atoms with Gasteiger partial charge in [-0.05, 0) is 19.8 Å². The molecule has 0 rings (SSSR count). The van der Waals surface area contributed by atoms with Gasteiger partial charge in [0.15, 0.2) is 0 Å². The average molecular weight is 292 g/mol. The second-order valence-electron chi connectivity index (χ2n) is 4.91. The third-order valence-electron chi connectivity index (χ3n) is 3.19. The first kappa shape index (κ1) is 20.8. The molecule has 0 aromatic rings. The minimum atomic E-state index is -0.425. The van der Waals surface area contributed by atoms with Crippen molar-refractivity contribution in [1.82, 2.24) is 0 Å². The van der Waals surface area contributed by atoms with Crippen LogP contribution in [0.5, 0.6) is 0 Å². The third kappa shape index (κ3) is 13.7. The molecule has 0 amide bonds. The van der Waals surface area contributed by atoms with Gasteiger partial charge in [-0.25, -0.2) is 4.79 Å². The maximum Gasteiger partial charge on any atom is 0.351 e. The molecule has 2 N–H and O–H groups in total. The summed E-state index contributed by atoms with van der Waals surface area (Å²) >= 11 is 0. The standard InChI is InChI=1S/C15H29NO2.ClH/c1-3-4-5-6-7-8-9-10-11-12-13-14(2)15(17)18-16;/h13H,3-12,16H2,1-2H3;1H. The monoisotopic (exact) mass is 291 g/mol. The van der Waals surface area contributed by atoms with Gasteiger partial charge in [0.1, 0.15) is 0 Å². The highest BCUT2D eigenvalue weighted by molar-refractivity contribution is 5.87. The second-order valence-corrected chi connectivity index (χ2v) is 4.91. The summed E-state index contributed by atoms with van der Waals surface area (Å²) in [4.78, 5) is 15.1. The van der Waals surface area contributed by atoms with E-state index in [1.807, 2.05) is 6.08 Å². The first-order valence-corrected chi connectivity index (χ1v) is 7.30. The lowest BCUT2D eigenvalue weighted by Crippen LogP contribution is -2.10. The van der Waals surface area contributed by atoms with Crippen LogP contribution < -0.4 is 5.90 Å². The molecule has 0 aliphatic rings. The molecule has 0 atom stereocenters. The number of nitrogens with two attached hydrogens (primary N) is 1. The fraction of sp³-hybridized carbons (Fsp3) is 0.800. The van der Waals surface area contributed by atoms with E-state index in [0.29, 0.717) is 5.57 Å². The van der Waals surface area contributed by atoms with Crippen LogP contribution in [0, 0.1) is 0 Å². The van der Waals surface area contributed by atoms with Crippen molar-refractivity contribution in [2.45, 2.75) is 78.1 Å². The Kier molecular flexibility index (Phi) is 17.0. The molecule has 3 nitrogen and oxygen atoms in total. The summed E-state index contributed by atoms with van der Waals surface area (Å²) in [6.45, 7) is 3.98. The van der Waals surface area contributed by atoms with Crippen molar-refractivity contribution in [2.75, 3.05) is 0 Å². The molecule has 4 heteroatoms. The van der Waals surface area contributed by atoms with Gasteiger partial charge in [-0.15, -0.1) is 12.4 Å². The molecule has 114 valence electrons. The first-order valence-electron chi connectivity index (χ1n) is 7.30. The molecule has 0 saturated heterocycles. The van der Waals surface area contributed by atoms with Crippen LogP contribution in [0.2, 0.25) is 0 Å². The maximum absolute atomic E-state index is 11.0. The number of carbonyl (C=O) groups is 1. The average Bonchev–Trinajstić information content (AvgIpc) is 2.39. The molecule has 0 heterocycles. The van der Waals surface area contributed by atoms with Gasteiger partial charge in [0, 0.05) is 5.57 Å². The van der Waals surface area contributed by atoms with Crippen LogP contribution in [0.15, 0.2) is 11.6 Å². The topological polar surface area (TPSA) is 52.3 Å². The maximum atomic E-state index is 11.0. The van der Waals surface area contributed by atoms with Crippen molar-refractivity contribution < 1.29 is 9.63 Å². The minimum absolute atomic E-state index is 0. The van der Waals surface area contributed by atoms with Gasteiger partial charge in [0.25, 0.3) is 0 Å². The Morgan fingerprint density at radius 2 is 1.47 bits per heavy atom. The molecule has 0 aliphatic carbocycles. The smallest absolute Gasteiger partial charge is 0.351 e. The summed E-state index contributed by atoms with van der Waals surface area (Å²) in [7, 11) is 0. The quantitative estimate of drug-likeness (QED) is 0.341. The highest BCUT2D eigenvalue weighted by atomic mass is 35.5. The fourth-order valence-corrected chi connectivity index (χ4v) is 1.95. The Labute approximate surface area is 124 Å². The van der Waals surface area contributed by atoms with Crippen molar-refractivity contribution >= 4 is 18.4 Å². The molecule has 0 saturated carbocycles. The van der Waals surface area contributed by atoms with E-state index in [-0.39, 0.29) is 12.4 Å². The molecular weight excluding hydrogens is 262 g/mol. The van der Waals surface area contributed by atoms with Crippen molar-refractivity contribution in [1.29, 1.82) is 0 Å². The second kappa shape index (κ2) is 15.5. The van der Waals surface area contributed by atoms with Gasteiger partial charge in [-0.3, -0.25) is 0 Å². The molecule has 0 spiro atoms. The molecule has 0 aromatic heterocycles. The summed E-state index contributed by atoms with van der Waals surface area (Å²) < 4.78 is 0. The SMILES string of the molecule is CCCCCCCCCCCC=C(C)C(=O)ON.Cl. The van der Waals surface area contributed by atoms with Crippen LogP contribution in [0.3, 0.4) is 0 Å². The Bertz CT molecular complexity index is 242. The lowest BCUT2D eigenvalue weighted by Gasteiger charge is -2.01. The molecule has 0 unspecified atom stereocenters. The Hall–Kier alpha value is -0.540. The van der Waals surface area contributed by atoms with Gasteiger partial charge in [0.2, 0.25) is 0 Å². The van der Waals surface area contributed by atoms with Crippen LogP contribution in [0.4, 0.5) is 0 Å². The summed E-state index contributed by atoms with van der Waals surface area (Å²) in [5.41, 5.74) is 0.608. The Balaban J connectivity index is 0. The van der Waals surface area contributed by atoms with E-state index in [2.05, 4.69) is 11.8 Å². The lowest BCUT2D eigenvalue weighted by molar-refractivity contribution is -0.139. The molecule has 0 radical (unpaired) electrons. The van der Waals surface area contributed by atoms with Crippen molar-refractivity contribution in [3.8, 4) is 0 Å². The Morgan fingerprint density at radius 3 is 1.95 bits per heavy atom. The third-order valence-corrected chi connectivity index (χ3v) is 3.19. The van der Waals surface area contributed by atoms with Gasteiger partial charge in [-0.1, -0.05) is 64.4 Å². The molecule has 19 heavy (non-hydrogen) atoms. The zero-order valence-corrected chi connectivity index (χ0v) is 13.3. The van der Waals surface area contributed by atoms with Crippen LogP contribution in [0.25, 0.3) is 0 Å². The molecule has 0 aromatic carbocycles. The summed E-state index contributed by atoms with van der Waals surface area (Å²) in [5.74, 6) is 4.38. The van der Waals surface area contributed by atoms with E-state index >= 15 is 0 Å². The molecule has 0 fully saturated rings. The van der Waals surface area contributed by atoms with E-state index < -0.39 is 5.97 Å². The minimum Gasteiger partial charge on any atom is -0.370 e. The number of carbonyl (C=O) groups excluding carboxylic acids is 1.